The number of Topliss-reactive ketones (excluding diaryl/α,β-unsaturated/α-hetero) is 1. The first-order valence-electron chi connectivity index (χ1n) is 7.41. The number of para-hydroxylation sites is 1. The molecule has 1 aromatic heterocycles. The van der Waals surface area contributed by atoms with Crippen molar-refractivity contribution in [1.82, 2.24) is 4.98 Å². The van der Waals surface area contributed by atoms with Crippen molar-refractivity contribution in [2.75, 3.05) is 6.61 Å². The van der Waals surface area contributed by atoms with Crippen molar-refractivity contribution in [2.45, 2.75) is 12.8 Å². The third kappa shape index (κ3) is 4.07. The second-order valence-corrected chi connectivity index (χ2v) is 7.11. The molecule has 1 heterocycles. The summed E-state index contributed by atoms with van der Waals surface area (Å²) in [5.41, 5.74) is 1.45. The number of benzene rings is 2. The highest BCUT2D eigenvalue weighted by molar-refractivity contribution is 9.10. The molecule has 0 saturated heterocycles. The normalized spacial score (nSPS) is 10.7. The molecule has 122 valence electrons. The van der Waals surface area contributed by atoms with Gasteiger partial charge in [0.25, 0.3) is 0 Å². The second-order valence-electron chi connectivity index (χ2n) is 5.14. The van der Waals surface area contributed by atoms with E-state index in [9.17, 15) is 9.59 Å². The van der Waals surface area contributed by atoms with Gasteiger partial charge in [0.15, 0.2) is 6.61 Å². The monoisotopic (exact) mass is 403 g/mol. The van der Waals surface area contributed by atoms with Crippen LogP contribution in [0.25, 0.3) is 10.2 Å². The molecule has 0 spiro atoms. The van der Waals surface area contributed by atoms with Crippen LogP contribution in [0.5, 0.6) is 0 Å². The third-order valence-electron chi connectivity index (χ3n) is 3.42. The highest BCUT2D eigenvalue weighted by Crippen LogP contribution is 2.22. The first kappa shape index (κ1) is 16.8. The lowest BCUT2D eigenvalue weighted by molar-refractivity contribution is -0.142. The van der Waals surface area contributed by atoms with Crippen LogP contribution in [0, 0.1) is 0 Å². The van der Waals surface area contributed by atoms with Crippen molar-refractivity contribution >= 4 is 49.2 Å². The quantitative estimate of drug-likeness (QED) is 0.451. The van der Waals surface area contributed by atoms with E-state index in [0.717, 1.165) is 15.2 Å². The van der Waals surface area contributed by atoms with Gasteiger partial charge in [-0.1, -0.05) is 46.3 Å². The Morgan fingerprint density at radius 1 is 1.08 bits per heavy atom. The van der Waals surface area contributed by atoms with Crippen LogP contribution in [-0.4, -0.2) is 23.3 Å². The zero-order chi connectivity index (χ0) is 16.9. The van der Waals surface area contributed by atoms with Gasteiger partial charge in [0.2, 0.25) is 5.78 Å². The molecule has 0 aliphatic rings. The number of hydrogen-bond acceptors (Lipinski definition) is 5. The molecule has 3 aromatic rings. The van der Waals surface area contributed by atoms with E-state index in [4.69, 9.17) is 4.74 Å². The summed E-state index contributed by atoms with van der Waals surface area (Å²) in [6.45, 7) is -0.249. The van der Waals surface area contributed by atoms with Crippen molar-refractivity contribution in [3.63, 3.8) is 0 Å². The number of esters is 1. The first-order chi connectivity index (χ1) is 11.6. The number of ether oxygens (including phenoxy) is 1. The summed E-state index contributed by atoms with van der Waals surface area (Å²) < 4.78 is 6.87. The van der Waals surface area contributed by atoms with Crippen LogP contribution in [0.3, 0.4) is 0 Å². The van der Waals surface area contributed by atoms with Crippen molar-refractivity contribution < 1.29 is 14.3 Å². The molecule has 0 N–H and O–H groups in total. The summed E-state index contributed by atoms with van der Waals surface area (Å²) in [5, 5.41) is 0.894. The van der Waals surface area contributed by atoms with Gasteiger partial charge in [-0.15, -0.1) is 11.3 Å². The van der Waals surface area contributed by atoms with Gasteiger partial charge in [0, 0.05) is 16.5 Å². The molecule has 24 heavy (non-hydrogen) atoms. The van der Waals surface area contributed by atoms with Crippen LogP contribution >= 0.6 is 27.3 Å². The molecule has 0 unspecified atom stereocenters. The number of aryl methyl sites for hydroxylation is 1. The van der Waals surface area contributed by atoms with Gasteiger partial charge in [-0.2, -0.15) is 0 Å². The van der Waals surface area contributed by atoms with E-state index in [1.807, 2.05) is 30.3 Å². The fourth-order valence-electron chi connectivity index (χ4n) is 2.22. The van der Waals surface area contributed by atoms with Gasteiger partial charge in [0.1, 0.15) is 0 Å². The molecule has 0 aliphatic heterocycles. The molecule has 2 aromatic carbocycles. The van der Waals surface area contributed by atoms with Crippen LogP contribution in [0.15, 0.2) is 53.0 Å². The Balaban J connectivity index is 1.51. The van der Waals surface area contributed by atoms with Gasteiger partial charge in [-0.3, -0.25) is 9.59 Å². The SMILES string of the molecule is O=C(CCc1nc2ccccc2s1)OCC(=O)c1ccccc1Br. The minimum atomic E-state index is -0.394. The van der Waals surface area contributed by atoms with Crippen molar-refractivity contribution in [3.8, 4) is 0 Å². The van der Waals surface area contributed by atoms with Crippen molar-refractivity contribution in [3.05, 3.63) is 63.6 Å². The molecular formula is C18H14BrNO3S. The summed E-state index contributed by atoms with van der Waals surface area (Å²) in [7, 11) is 0. The molecular weight excluding hydrogens is 390 g/mol. The lowest BCUT2D eigenvalue weighted by Crippen LogP contribution is -2.14. The van der Waals surface area contributed by atoms with Gasteiger partial charge in [-0.25, -0.2) is 4.98 Å². The molecule has 3 rings (SSSR count). The zero-order valence-corrected chi connectivity index (χ0v) is 15.1. The van der Waals surface area contributed by atoms with Crippen molar-refractivity contribution in [1.29, 1.82) is 0 Å². The van der Waals surface area contributed by atoms with Gasteiger partial charge < -0.3 is 4.74 Å². The smallest absolute Gasteiger partial charge is 0.306 e. The molecule has 6 heteroatoms. The summed E-state index contributed by atoms with van der Waals surface area (Å²) in [5.74, 6) is -0.620. The number of carbonyl (C=O) groups is 2. The molecule has 0 amide bonds. The predicted octanol–water partition coefficient (Wildman–Crippen LogP) is 4.42. The zero-order valence-electron chi connectivity index (χ0n) is 12.7. The number of carbonyl (C=O) groups excluding carboxylic acids is 2. The van der Waals surface area contributed by atoms with Gasteiger partial charge >= 0.3 is 5.97 Å². The average Bonchev–Trinajstić information content (AvgIpc) is 3.01. The molecule has 0 fully saturated rings. The minimum Gasteiger partial charge on any atom is -0.457 e. The first-order valence-corrected chi connectivity index (χ1v) is 9.02. The molecule has 4 nitrogen and oxygen atoms in total. The molecule has 0 aliphatic carbocycles. The number of ketones is 1. The van der Waals surface area contributed by atoms with Crippen LogP contribution in [-0.2, 0) is 16.0 Å². The predicted molar refractivity (Wildman–Crippen MR) is 97.4 cm³/mol. The third-order valence-corrected chi connectivity index (χ3v) is 5.21. The Bertz CT molecular complexity index is 858. The average molecular weight is 404 g/mol. The number of hydrogen-bond donors (Lipinski definition) is 0. The van der Waals surface area contributed by atoms with Crippen LogP contribution < -0.4 is 0 Å². The van der Waals surface area contributed by atoms with Crippen molar-refractivity contribution in [2.24, 2.45) is 0 Å². The highest BCUT2D eigenvalue weighted by atomic mass is 79.9. The van der Waals surface area contributed by atoms with E-state index in [1.165, 1.54) is 0 Å². The molecule has 0 bridgehead atoms. The van der Waals surface area contributed by atoms with E-state index in [0.29, 0.717) is 16.5 Å². The number of thiazole rings is 1. The van der Waals surface area contributed by atoms with Gasteiger partial charge in [-0.05, 0) is 18.2 Å². The Labute approximate surface area is 151 Å². The Hall–Kier alpha value is -2.05. The van der Waals surface area contributed by atoms with Crippen LogP contribution in [0.2, 0.25) is 0 Å². The number of halogens is 1. The molecule has 0 atom stereocenters. The maximum atomic E-state index is 12.0. The van der Waals surface area contributed by atoms with Crippen LogP contribution in [0.1, 0.15) is 21.8 Å². The van der Waals surface area contributed by atoms with E-state index in [2.05, 4.69) is 20.9 Å². The largest absolute Gasteiger partial charge is 0.457 e. The second kappa shape index (κ2) is 7.68. The Morgan fingerprint density at radius 2 is 1.83 bits per heavy atom. The lowest BCUT2D eigenvalue weighted by atomic mass is 10.1. The Kier molecular flexibility index (Phi) is 5.37. The maximum absolute atomic E-state index is 12.0. The topological polar surface area (TPSA) is 56.3 Å². The summed E-state index contributed by atoms with van der Waals surface area (Å²) in [6.07, 6.45) is 0.727. The standard InChI is InChI=1S/C18H14BrNO3S/c19-13-6-2-1-5-12(13)15(21)11-23-18(22)10-9-17-20-14-7-3-4-8-16(14)24-17/h1-8H,9-11H2. The summed E-state index contributed by atoms with van der Waals surface area (Å²) in [4.78, 5) is 28.4. The fraction of sp³-hybridized carbons (Fsp3) is 0.167. The van der Waals surface area contributed by atoms with Gasteiger partial charge in [0.05, 0.1) is 21.6 Å². The number of nitrogens with zero attached hydrogens (tertiary/aromatic N) is 1. The van der Waals surface area contributed by atoms with Crippen LogP contribution in [0.4, 0.5) is 0 Å². The fourth-order valence-corrected chi connectivity index (χ4v) is 3.69. The number of aromatic nitrogens is 1. The van der Waals surface area contributed by atoms with E-state index in [-0.39, 0.29) is 18.8 Å². The molecule has 0 radical (unpaired) electrons. The number of rotatable bonds is 6. The lowest BCUT2D eigenvalue weighted by Gasteiger charge is -2.05. The van der Waals surface area contributed by atoms with E-state index in [1.54, 1.807) is 29.5 Å². The minimum absolute atomic E-state index is 0.211. The maximum Gasteiger partial charge on any atom is 0.306 e. The summed E-state index contributed by atoms with van der Waals surface area (Å²) in [6, 6.07) is 14.9. The van der Waals surface area contributed by atoms with E-state index >= 15 is 0 Å². The van der Waals surface area contributed by atoms with E-state index < -0.39 is 5.97 Å². The summed E-state index contributed by atoms with van der Waals surface area (Å²) >= 11 is 4.88. The number of fused-ring (bicyclic) bond motifs is 1. The Morgan fingerprint density at radius 3 is 2.62 bits per heavy atom. The molecule has 0 saturated carbocycles. The highest BCUT2D eigenvalue weighted by Gasteiger charge is 2.13.